The highest BCUT2D eigenvalue weighted by Gasteiger charge is 2.12. The Balaban J connectivity index is 1.56. The van der Waals surface area contributed by atoms with E-state index in [9.17, 15) is 14.0 Å². The van der Waals surface area contributed by atoms with Gasteiger partial charge in [0.05, 0.1) is 21.8 Å². The molecule has 0 atom stereocenters. The average molecular weight is 372 g/mol. The van der Waals surface area contributed by atoms with Crippen molar-refractivity contribution in [1.29, 1.82) is 0 Å². The van der Waals surface area contributed by atoms with Crippen LogP contribution in [0.3, 0.4) is 0 Å². The van der Waals surface area contributed by atoms with E-state index >= 15 is 0 Å². The number of anilines is 1. The second-order valence-corrected chi connectivity index (χ2v) is 5.97. The van der Waals surface area contributed by atoms with Crippen LogP contribution in [0.5, 0.6) is 0 Å². The molecular weight excluding hydrogens is 357 g/mol. The van der Waals surface area contributed by atoms with Crippen LogP contribution < -0.4 is 10.6 Å². The minimum atomic E-state index is -0.519. The van der Waals surface area contributed by atoms with Crippen LogP contribution in [0.2, 0.25) is 5.02 Å². The molecule has 26 heavy (non-hydrogen) atoms. The van der Waals surface area contributed by atoms with Gasteiger partial charge in [0.2, 0.25) is 5.91 Å². The number of carbonyl (C=O) groups is 2. The van der Waals surface area contributed by atoms with Crippen LogP contribution in [-0.4, -0.2) is 23.3 Å². The number of nitrogens with zero attached hydrogens (tertiary/aromatic N) is 1. The van der Waals surface area contributed by atoms with E-state index in [4.69, 9.17) is 11.6 Å². The fraction of sp³-hybridized carbons (Fsp3) is 0.105. The molecule has 0 saturated heterocycles. The molecule has 0 aliphatic heterocycles. The highest BCUT2D eigenvalue weighted by molar-refractivity contribution is 6.33. The normalized spacial score (nSPS) is 10.5. The molecule has 2 amide bonds. The average Bonchev–Trinajstić information content (AvgIpc) is 2.62. The zero-order chi connectivity index (χ0) is 18.5. The first-order valence-corrected chi connectivity index (χ1v) is 8.29. The molecule has 1 heterocycles. The molecule has 2 aromatic carbocycles. The molecule has 7 heteroatoms. The number of fused-ring (bicyclic) bond motifs is 1. The van der Waals surface area contributed by atoms with E-state index in [1.165, 1.54) is 6.07 Å². The maximum Gasteiger partial charge on any atom is 0.252 e. The number of para-hydroxylation sites is 1. The van der Waals surface area contributed by atoms with Gasteiger partial charge < -0.3 is 10.6 Å². The van der Waals surface area contributed by atoms with E-state index in [1.807, 2.05) is 24.3 Å². The van der Waals surface area contributed by atoms with Gasteiger partial charge in [-0.25, -0.2) is 4.39 Å². The van der Waals surface area contributed by atoms with E-state index < -0.39 is 11.7 Å². The van der Waals surface area contributed by atoms with E-state index in [-0.39, 0.29) is 29.5 Å². The van der Waals surface area contributed by atoms with Gasteiger partial charge in [0.25, 0.3) is 5.91 Å². The summed E-state index contributed by atoms with van der Waals surface area (Å²) in [5, 5.41) is 6.32. The second-order valence-electron chi connectivity index (χ2n) is 5.56. The minimum absolute atomic E-state index is 0.0220. The SMILES string of the molecule is O=C(CCNC(=O)c1ccc(F)cc1Cl)Nc1cccc2cccnc12. The summed E-state index contributed by atoms with van der Waals surface area (Å²) in [5.41, 5.74) is 1.47. The minimum Gasteiger partial charge on any atom is -0.351 e. The predicted octanol–water partition coefficient (Wildman–Crippen LogP) is 3.79. The number of nitrogens with one attached hydrogen (secondary N) is 2. The fourth-order valence-corrected chi connectivity index (χ4v) is 2.73. The lowest BCUT2D eigenvalue weighted by atomic mass is 10.2. The number of halogens is 2. The van der Waals surface area contributed by atoms with Crippen LogP contribution in [0.15, 0.2) is 54.7 Å². The monoisotopic (exact) mass is 371 g/mol. The fourth-order valence-electron chi connectivity index (χ4n) is 2.48. The van der Waals surface area contributed by atoms with E-state index in [1.54, 1.807) is 12.3 Å². The van der Waals surface area contributed by atoms with E-state index in [0.29, 0.717) is 11.2 Å². The van der Waals surface area contributed by atoms with Crippen molar-refractivity contribution in [3.05, 3.63) is 71.1 Å². The third-order valence-electron chi connectivity index (χ3n) is 3.72. The van der Waals surface area contributed by atoms with Crippen LogP contribution in [0.1, 0.15) is 16.8 Å². The number of hydrogen-bond donors (Lipinski definition) is 2. The summed E-state index contributed by atoms with van der Waals surface area (Å²) >= 11 is 5.84. The number of benzene rings is 2. The largest absolute Gasteiger partial charge is 0.351 e. The molecule has 0 aliphatic carbocycles. The molecule has 0 spiro atoms. The molecule has 3 aromatic rings. The second kappa shape index (κ2) is 7.93. The molecule has 132 valence electrons. The Morgan fingerprint density at radius 1 is 1.12 bits per heavy atom. The molecule has 0 bridgehead atoms. The molecule has 2 N–H and O–H groups in total. The predicted molar refractivity (Wildman–Crippen MR) is 98.7 cm³/mol. The number of pyridine rings is 1. The maximum atomic E-state index is 13.0. The molecule has 0 saturated carbocycles. The number of amides is 2. The summed E-state index contributed by atoms with van der Waals surface area (Å²) in [6.07, 6.45) is 1.73. The van der Waals surface area contributed by atoms with Crippen molar-refractivity contribution in [2.24, 2.45) is 0 Å². The molecule has 0 radical (unpaired) electrons. The molecular formula is C19H15ClFN3O2. The van der Waals surface area contributed by atoms with Gasteiger partial charge in [-0.3, -0.25) is 14.6 Å². The van der Waals surface area contributed by atoms with Crippen LogP contribution in [0, 0.1) is 5.82 Å². The lowest BCUT2D eigenvalue weighted by molar-refractivity contribution is -0.116. The first kappa shape index (κ1) is 17.8. The van der Waals surface area contributed by atoms with Gasteiger partial charge in [-0.1, -0.05) is 29.8 Å². The van der Waals surface area contributed by atoms with Gasteiger partial charge in [-0.05, 0) is 30.3 Å². The van der Waals surface area contributed by atoms with Gasteiger partial charge in [0.1, 0.15) is 5.82 Å². The number of rotatable bonds is 5. The zero-order valence-electron chi connectivity index (χ0n) is 13.6. The van der Waals surface area contributed by atoms with Crippen LogP contribution >= 0.6 is 11.6 Å². The topological polar surface area (TPSA) is 71.1 Å². The lowest BCUT2D eigenvalue weighted by Gasteiger charge is -2.09. The number of aromatic nitrogens is 1. The van der Waals surface area contributed by atoms with Gasteiger partial charge >= 0.3 is 0 Å². The summed E-state index contributed by atoms with van der Waals surface area (Å²) in [6.45, 7) is 0.122. The van der Waals surface area contributed by atoms with Crippen molar-refractivity contribution >= 4 is 40.0 Å². The van der Waals surface area contributed by atoms with E-state index in [0.717, 1.165) is 17.5 Å². The standard InChI is InChI=1S/C19H15ClFN3O2/c20-15-11-13(21)6-7-14(15)19(26)23-10-8-17(25)24-16-5-1-3-12-4-2-9-22-18(12)16/h1-7,9,11H,8,10H2,(H,23,26)(H,24,25). The molecule has 0 fully saturated rings. The van der Waals surface area contributed by atoms with E-state index in [2.05, 4.69) is 15.6 Å². The third-order valence-corrected chi connectivity index (χ3v) is 4.03. The first-order valence-electron chi connectivity index (χ1n) is 7.91. The quantitative estimate of drug-likeness (QED) is 0.716. The lowest BCUT2D eigenvalue weighted by Crippen LogP contribution is -2.28. The van der Waals surface area contributed by atoms with Crippen LogP contribution in [0.4, 0.5) is 10.1 Å². The molecule has 1 aromatic heterocycles. The summed E-state index contributed by atoms with van der Waals surface area (Å²) in [7, 11) is 0. The third kappa shape index (κ3) is 4.15. The highest BCUT2D eigenvalue weighted by Crippen LogP contribution is 2.20. The summed E-state index contributed by atoms with van der Waals surface area (Å²) < 4.78 is 13.0. The van der Waals surface area contributed by atoms with Crippen LogP contribution in [0.25, 0.3) is 10.9 Å². The van der Waals surface area contributed by atoms with Crippen LogP contribution in [-0.2, 0) is 4.79 Å². The molecule has 0 unspecified atom stereocenters. The van der Waals surface area contributed by atoms with Gasteiger partial charge in [-0.2, -0.15) is 0 Å². The van der Waals surface area contributed by atoms with Gasteiger partial charge in [0.15, 0.2) is 0 Å². The Morgan fingerprint density at radius 3 is 2.73 bits per heavy atom. The first-order chi connectivity index (χ1) is 12.5. The van der Waals surface area contributed by atoms with Gasteiger partial charge in [0, 0.05) is 24.5 Å². The summed E-state index contributed by atoms with van der Waals surface area (Å²) in [5.74, 6) is -1.24. The Morgan fingerprint density at radius 2 is 1.92 bits per heavy atom. The maximum absolute atomic E-state index is 13.0. The Bertz CT molecular complexity index is 973. The van der Waals surface area contributed by atoms with Crippen molar-refractivity contribution in [1.82, 2.24) is 10.3 Å². The van der Waals surface area contributed by atoms with Crippen molar-refractivity contribution < 1.29 is 14.0 Å². The Hall–Kier alpha value is -2.99. The molecule has 3 rings (SSSR count). The van der Waals surface area contributed by atoms with Crippen molar-refractivity contribution in [2.45, 2.75) is 6.42 Å². The van der Waals surface area contributed by atoms with Gasteiger partial charge in [-0.15, -0.1) is 0 Å². The number of hydrogen-bond acceptors (Lipinski definition) is 3. The summed E-state index contributed by atoms with van der Waals surface area (Å²) in [6, 6.07) is 12.8. The number of carbonyl (C=O) groups excluding carboxylic acids is 2. The highest BCUT2D eigenvalue weighted by atomic mass is 35.5. The summed E-state index contributed by atoms with van der Waals surface area (Å²) in [4.78, 5) is 28.4. The smallest absolute Gasteiger partial charge is 0.252 e. The molecule has 5 nitrogen and oxygen atoms in total. The molecule has 0 aliphatic rings. The van der Waals surface area contributed by atoms with Crippen molar-refractivity contribution in [3.63, 3.8) is 0 Å². The van der Waals surface area contributed by atoms with Crippen molar-refractivity contribution in [2.75, 3.05) is 11.9 Å². The zero-order valence-corrected chi connectivity index (χ0v) is 14.4. The Kier molecular flexibility index (Phi) is 5.43. The van der Waals surface area contributed by atoms with Crippen molar-refractivity contribution in [3.8, 4) is 0 Å². The Labute approximate surface area is 154 Å².